The van der Waals surface area contributed by atoms with Gasteiger partial charge in [0.1, 0.15) is 16.7 Å². The van der Waals surface area contributed by atoms with Gasteiger partial charge >= 0.3 is 11.9 Å². The summed E-state index contributed by atoms with van der Waals surface area (Å²) >= 11 is 0. The number of carbonyl (C=O) groups excluding carboxylic acids is 1. The average Bonchev–Trinajstić information content (AvgIpc) is 2.51. The Morgan fingerprint density at radius 2 is 1.88 bits per heavy atom. The largest absolute Gasteiger partial charge is 0.495 e. The Hall–Kier alpha value is -2.13. The first-order chi connectivity index (χ1) is 11.1. The van der Waals surface area contributed by atoms with Crippen molar-refractivity contribution in [1.29, 1.82) is 0 Å². The zero-order valence-electron chi connectivity index (χ0n) is 13.9. The highest BCUT2D eigenvalue weighted by Gasteiger charge is 2.28. The van der Waals surface area contributed by atoms with E-state index in [2.05, 4.69) is 9.46 Å². The van der Waals surface area contributed by atoms with Gasteiger partial charge in [-0.3, -0.25) is 4.79 Å². The standard InChI is InChI=1S/C15H21NO7S/c1-9(2)7-11(14(17)18)16-24(20,21)13-6-5-10(15(19)23-4)8-12(13)22-3/h5-6,8-9,11,16H,7H2,1-4H3,(H,17,18). The lowest BCUT2D eigenvalue weighted by Crippen LogP contribution is -2.41. The molecule has 9 heteroatoms. The zero-order valence-corrected chi connectivity index (χ0v) is 14.7. The Morgan fingerprint density at radius 3 is 2.33 bits per heavy atom. The first-order valence-electron chi connectivity index (χ1n) is 7.13. The number of ether oxygens (including phenoxy) is 2. The molecule has 0 radical (unpaired) electrons. The van der Waals surface area contributed by atoms with Crippen molar-refractivity contribution in [3.8, 4) is 5.75 Å². The molecular weight excluding hydrogens is 338 g/mol. The van der Waals surface area contributed by atoms with E-state index in [9.17, 15) is 23.1 Å². The van der Waals surface area contributed by atoms with Crippen molar-refractivity contribution in [3.05, 3.63) is 23.8 Å². The summed E-state index contributed by atoms with van der Waals surface area (Å²) in [7, 11) is -1.70. The molecule has 0 saturated heterocycles. The summed E-state index contributed by atoms with van der Waals surface area (Å²) in [6.07, 6.45) is 0.136. The van der Waals surface area contributed by atoms with E-state index in [1.165, 1.54) is 32.4 Å². The van der Waals surface area contributed by atoms with Gasteiger partial charge in [0.05, 0.1) is 19.8 Å². The maximum atomic E-state index is 12.5. The van der Waals surface area contributed by atoms with Gasteiger partial charge in [-0.25, -0.2) is 13.2 Å². The van der Waals surface area contributed by atoms with E-state index in [1.807, 2.05) is 0 Å². The van der Waals surface area contributed by atoms with E-state index < -0.39 is 28.0 Å². The van der Waals surface area contributed by atoms with E-state index in [-0.39, 0.29) is 28.5 Å². The first kappa shape index (κ1) is 19.9. The molecule has 1 unspecified atom stereocenters. The Morgan fingerprint density at radius 1 is 1.25 bits per heavy atom. The number of sulfonamides is 1. The minimum Gasteiger partial charge on any atom is -0.495 e. The Bertz CT molecular complexity index is 713. The molecule has 0 bridgehead atoms. The Balaban J connectivity index is 3.22. The van der Waals surface area contributed by atoms with Gasteiger partial charge in [-0.15, -0.1) is 0 Å². The highest BCUT2D eigenvalue weighted by atomic mass is 32.2. The molecule has 1 rings (SSSR count). The number of aliphatic carboxylic acids is 1. The SMILES string of the molecule is COC(=O)c1ccc(S(=O)(=O)NC(CC(C)C)C(=O)O)c(OC)c1. The van der Waals surface area contributed by atoms with Crippen molar-refractivity contribution in [2.24, 2.45) is 5.92 Å². The fraction of sp³-hybridized carbons (Fsp3) is 0.467. The van der Waals surface area contributed by atoms with Gasteiger partial charge in [0, 0.05) is 0 Å². The van der Waals surface area contributed by atoms with Gasteiger partial charge in [-0.1, -0.05) is 13.8 Å². The summed E-state index contributed by atoms with van der Waals surface area (Å²) in [4.78, 5) is 22.5. The van der Waals surface area contributed by atoms with Crippen molar-refractivity contribution in [2.45, 2.75) is 31.2 Å². The van der Waals surface area contributed by atoms with E-state index in [0.29, 0.717) is 0 Å². The Labute approximate surface area is 140 Å². The van der Waals surface area contributed by atoms with Gasteiger partial charge in [-0.05, 0) is 30.5 Å². The fourth-order valence-electron chi connectivity index (χ4n) is 2.06. The highest BCUT2D eigenvalue weighted by molar-refractivity contribution is 7.89. The highest BCUT2D eigenvalue weighted by Crippen LogP contribution is 2.26. The van der Waals surface area contributed by atoms with E-state index in [1.54, 1.807) is 13.8 Å². The third-order valence-corrected chi connectivity index (χ3v) is 4.69. The number of esters is 1. The van der Waals surface area contributed by atoms with Gasteiger partial charge in [0.2, 0.25) is 10.0 Å². The quantitative estimate of drug-likeness (QED) is 0.671. The van der Waals surface area contributed by atoms with E-state index in [4.69, 9.17) is 4.74 Å². The third kappa shape index (κ3) is 4.93. The molecule has 134 valence electrons. The van der Waals surface area contributed by atoms with Crippen LogP contribution < -0.4 is 9.46 Å². The number of carbonyl (C=O) groups is 2. The maximum Gasteiger partial charge on any atom is 0.337 e. The van der Waals surface area contributed by atoms with Crippen molar-refractivity contribution >= 4 is 22.0 Å². The van der Waals surface area contributed by atoms with E-state index >= 15 is 0 Å². The van der Waals surface area contributed by atoms with Crippen molar-refractivity contribution in [1.82, 2.24) is 4.72 Å². The molecule has 0 fully saturated rings. The monoisotopic (exact) mass is 359 g/mol. The van der Waals surface area contributed by atoms with Crippen LogP contribution in [0, 0.1) is 5.92 Å². The zero-order chi connectivity index (χ0) is 18.5. The number of hydrogen-bond acceptors (Lipinski definition) is 6. The number of methoxy groups -OCH3 is 2. The molecular formula is C15H21NO7S. The predicted octanol–water partition coefficient (Wildman–Crippen LogP) is 1.26. The van der Waals surface area contributed by atoms with Crippen molar-refractivity contribution in [2.75, 3.05) is 14.2 Å². The Kier molecular flexibility index (Phi) is 6.73. The summed E-state index contributed by atoms with van der Waals surface area (Å²) < 4.78 is 36.7. The van der Waals surface area contributed by atoms with Gasteiger partial charge in [0.25, 0.3) is 0 Å². The number of benzene rings is 1. The third-order valence-electron chi connectivity index (χ3n) is 3.18. The molecule has 1 aromatic carbocycles. The molecule has 0 amide bonds. The lowest BCUT2D eigenvalue weighted by molar-refractivity contribution is -0.139. The summed E-state index contributed by atoms with van der Waals surface area (Å²) in [5.41, 5.74) is 0.116. The van der Waals surface area contributed by atoms with Gasteiger partial charge in [-0.2, -0.15) is 4.72 Å². The fourth-order valence-corrected chi connectivity index (χ4v) is 3.41. The van der Waals surface area contributed by atoms with Crippen LogP contribution in [0.25, 0.3) is 0 Å². The summed E-state index contributed by atoms with van der Waals surface area (Å²) in [5, 5.41) is 9.19. The van der Waals surface area contributed by atoms with Crippen LogP contribution in [0.15, 0.2) is 23.1 Å². The molecule has 8 nitrogen and oxygen atoms in total. The second kappa shape index (κ2) is 8.11. The second-order valence-electron chi connectivity index (χ2n) is 5.50. The summed E-state index contributed by atoms with van der Waals surface area (Å²) in [6.45, 7) is 3.58. The molecule has 0 aliphatic heterocycles. The number of carboxylic acid groups (broad SMARTS) is 1. The van der Waals surface area contributed by atoms with Crippen LogP contribution in [-0.2, 0) is 19.6 Å². The molecule has 24 heavy (non-hydrogen) atoms. The molecule has 0 aliphatic rings. The first-order valence-corrected chi connectivity index (χ1v) is 8.62. The topological polar surface area (TPSA) is 119 Å². The molecule has 0 saturated carbocycles. The molecule has 0 spiro atoms. The summed E-state index contributed by atoms with van der Waals surface area (Å²) in [6, 6.07) is 2.39. The minimum absolute atomic E-state index is 0.0163. The van der Waals surface area contributed by atoms with E-state index in [0.717, 1.165) is 0 Å². The summed E-state index contributed by atoms with van der Waals surface area (Å²) in [5.74, 6) is -2.01. The van der Waals surface area contributed by atoms with Gasteiger partial charge < -0.3 is 14.6 Å². The number of hydrogen-bond donors (Lipinski definition) is 2. The molecule has 1 aromatic rings. The van der Waals surface area contributed by atoms with Crippen molar-refractivity contribution < 1.29 is 32.6 Å². The van der Waals surface area contributed by atoms with Crippen LogP contribution in [0.4, 0.5) is 0 Å². The molecule has 0 aliphatic carbocycles. The predicted molar refractivity (Wildman–Crippen MR) is 85.5 cm³/mol. The van der Waals surface area contributed by atoms with Crippen LogP contribution in [0.1, 0.15) is 30.6 Å². The lowest BCUT2D eigenvalue weighted by atomic mass is 10.1. The number of rotatable bonds is 8. The number of nitrogens with one attached hydrogen (secondary N) is 1. The van der Waals surface area contributed by atoms with Crippen molar-refractivity contribution in [3.63, 3.8) is 0 Å². The van der Waals surface area contributed by atoms with Crippen LogP contribution in [0.5, 0.6) is 5.75 Å². The average molecular weight is 359 g/mol. The normalized spacial score (nSPS) is 12.7. The molecule has 1 atom stereocenters. The number of carboxylic acids is 1. The van der Waals surface area contributed by atoms with Crippen LogP contribution in [0.3, 0.4) is 0 Å². The second-order valence-corrected chi connectivity index (χ2v) is 7.18. The van der Waals surface area contributed by atoms with Crippen LogP contribution in [-0.4, -0.2) is 45.7 Å². The minimum atomic E-state index is -4.15. The lowest BCUT2D eigenvalue weighted by Gasteiger charge is -2.18. The molecule has 2 N–H and O–H groups in total. The van der Waals surface area contributed by atoms with Gasteiger partial charge in [0.15, 0.2) is 0 Å². The molecule has 0 heterocycles. The maximum absolute atomic E-state index is 12.5. The van der Waals surface area contributed by atoms with Crippen LogP contribution in [0.2, 0.25) is 0 Å². The van der Waals surface area contributed by atoms with Crippen LogP contribution >= 0.6 is 0 Å². The smallest absolute Gasteiger partial charge is 0.337 e. The molecule has 0 aromatic heterocycles.